The Balaban J connectivity index is 2.10. The molecule has 0 amide bonds. The monoisotopic (exact) mass is 222 g/mol. The molecule has 0 bridgehead atoms. The molecule has 0 saturated heterocycles. The summed E-state index contributed by atoms with van der Waals surface area (Å²) in [6, 6.07) is 0. The molecule has 0 aromatic heterocycles. The highest BCUT2D eigenvalue weighted by atomic mass is 16.5. The minimum absolute atomic E-state index is 0.150. The van der Waals surface area contributed by atoms with Crippen LogP contribution in [0, 0.1) is 11.3 Å². The van der Waals surface area contributed by atoms with Gasteiger partial charge >= 0.3 is 0 Å². The molecule has 0 spiro atoms. The van der Waals surface area contributed by atoms with E-state index in [4.69, 9.17) is 4.74 Å². The molecule has 2 rings (SSSR count). The van der Waals surface area contributed by atoms with Crippen molar-refractivity contribution in [2.24, 2.45) is 11.3 Å². The van der Waals surface area contributed by atoms with Crippen LogP contribution in [0.4, 0.5) is 0 Å². The first-order valence-electron chi connectivity index (χ1n) is 6.48. The first-order chi connectivity index (χ1) is 7.61. The molecule has 0 aromatic carbocycles. The summed E-state index contributed by atoms with van der Waals surface area (Å²) in [6.07, 6.45) is 8.67. The Morgan fingerprint density at radius 3 is 2.81 bits per heavy atom. The number of Topliss-reactive ketones (excluding diaryl/α,β-unsaturated/α-hetero) is 1. The zero-order chi connectivity index (χ0) is 11.6. The van der Waals surface area contributed by atoms with Crippen molar-refractivity contribution < 1.29 is 9.53 Å². The molecule has 1 aliphatic carbocycles. The van der Waals surface area contributed by atoms with Gasteiger partial charge in [0.05, 0.1) is 6.61 Å². The van der Waals surface area contributed by atoms with Crippen LogP contribution in [0.3, 0.4) is 0 Å². The molecular formula is C14H22O2. The van der Waals surface area contributed by atoms with Crippen molar-refractivity contribution in [3.05, 3.63) is 11.8 Å². The lowest BCUT2D eigenvalue weighted by Crippen LogP contribution is -2.35. The van der Waals surface area contributed by atoms with Crippen molar-refractivity contribution in [1.82, 2.24) is 0 Å². The first-order valence-corrected chi connectivity index (χ1v) is 6.48. The molecule has 16 heavy (non-hydrogen) atoms. The second-order valence-corrected chi connectivity index (χ2v) is 5.71. The molecule has 1 atom stereocenters. The quantitative estimate of drug-likeness (QED) is 0.715. The Bertz CT molecular complexity index is 302. The highest BCUT2D eigenvalue weighted by Gasteiger charge is 2.38. The Kier molecular flexibility index (Phi) is 3.36. The Morgan fingerprint density at radius 2 is 2.19 bits per heavy atom. The zero-order valence-corrected chi connectivity index (χ0v) is 10.4. The van der Waals surface area contributed by atoms with Gasteiger partial charge in [0.15, 0.2) is 5.76 Å². The normalized spacial score (nSPS) is 29.1. The van der Waals surface area contributed by atoms with Crippen LogP contribution in [-0.4, -0.2) is 12.4 Å². The maximum atomic E-state index is 12.4. The SMILES string of the molecule is CC1(C)CCCCC1C(=O)C1=CCCCO1. The number of allylic oxidation sites excluding steroid dienone is 2. The van der Waals surface area contributed by atoms with E-state index in [1.54, 1.807) is 0 Å². The number of ketones is 1. The number of ether oxygens (including phenoxy) is 1. The standard InChI is InChI=1S/C14H22O2/c1-14(2)9-5-3-7-11(14)13(15)12-8-4-6-10-16-12/h8,11H,3-7,9-10H2,1-2H3. The van der Waals surface area contributed by atoms with Crippen LogP contribution in [0.5, 0.6) is 0 Å². The fourth-order valence-corrected chi connectivity index (χ4v) is 2.88. The zero-order valence-electron chi connectivity index (χ0n) is 10.4. The highest BCUT2D eigenvalue weighted by molar-refractivity contribution is 5.96. The van der Waals surface area contributed by atoms with E-state index in [0.29, 0.717) is 12.4 Å². The van der Waals surface area contributed by atoms with E-state index in [0.717, 1.165) is 25.7 Å². The van der Waals surface area contributed by atoms with Gasteiger partial charge < -0.3 is 4.74 Å². The minimum Gasteiger partial charge on any atom is -0.490 e. The van der Waals surface area contributed by atoms with E-state index in [2.05, 4.69) is 13.8 Å². The van der Waals surface area contributed by atoms with E-state index >= 15 is 0 Å². The molecular weight excluding hydrogens is 200 g/mol. The second kappa shape index (κ2) is 4.60. The smallest absolute Gasteiger partial charge is 0.200 e. The third-order valence-corrected chi connectivity index (χ3v) is 4.00. The van der Waals surface area contributed by atoms with Crippen molar-refractivity contribution in [2.75, 3.05) is 6.61 Å². The molecule has 90 valence electrons. The summed E-state index contributed by atoms with van der Waals surface area (Å²) < 4.78 is 5.50. The van der Waals surface area contributed by atoms with Crippen LogP contribution >= 0.6 is 0 Å². The van der Waals surface area contributed by atoms with Gasteiger partial charge in [-0.25, -0.2) is 0 Å². The molecule has 1 aliphatic heterocycles. The lowest BCUT2D eigenvalue weighted by molar-refractivity contribution is -0.128. The average molecular weight is 222 g/mol. The summed E-state index contributed by atoms with van der Waals surface area (Å²) in [7, 11) is 0. The van der Waals surface area contributed by atoms with Gasteiger partial charge in [-0.15, -0.1) is 0 Å². The van der Waals surface area contributed by atoms with Gasteiger partial charge in [-0.2, -0.15) is 0 Å². The van der Waals surface area contributed by atoms with E-state index in [9.17, 15) is 4.79 Å². The maximum Gasteiger partial charge on any atom is 0.200 e. The molecule has 1 fully saturated rings. The van der Waals surface area contributed by atoms with E-state index < -0.39 is 0 Å². The topological polar surface area (TPSA) is 26.3 Å². The summed E-state index contributed by atoms with van der Waals surface area (Å²) in [5, 5.41) is 0. The highest BCUT2D eigenvalue weighted by Crippen LogP contribution is 2.42. The Labute approximate surface area is 98.1 Å². The van der Waals surface area contributed by atoms with E-state index in [-0.39, 0.29) is 17.1 Å². The number of hydrogen-bond acceptors (Lipinski definition) is 2. The lowest BCUT2D eigenvalue weighted by Gasteiger charge is -2.38. The Hall–Kier alpha value is -0.790. The molecule has 1 heterocycles. The van der Waals surface area contributed by atoms with Gasteiger partial charge in [-0.05, 0) is 37.2 Å². The number of rotatable bonds is 2. The molecule has 0 radical (unpaired) electrons. The van der Waals surface area contributed by atoms with Gasteiger partial charge in [0.2, 0.25) is 5.78 Å². The van der Waals surface area contributed by atoms with Gasteiger partial charge in [-0.1, -0.05) is 26.7 Å². The van der Waals surface area contributed by atoms with Gasteiger partial charge in [-0.3, -0.25) is 4.79 Å². The van der Waals surface area contributed by atoms with Crippen LogP contribution in [-0.2, 0) is 9.53 Å². The van der Waals surface area contributed by atoms with Gasteiger partial charge in [0.1, 0.15) is 0 Å². The van der Waals surface area contributed by atoms with Gasteiger partial charge in [0, 0.05) is 5.92 Å². The van der Waals surface area contributed by atoms with Crippen LogP contribution in [0.15, 0.2) is 11.8 Å². The fraction of sp³-hybridized carbons (Fsp3) is 0.786. The van der Waals surface area contributed by atoms with Crippen molar-refractivity contribution in [2.45, 2.75) is 52.4 Å². The summed E-state index contributed by atoms with van der Waals surface area (Å²) in [4.78, 5) is 12.4. The third-order valence-electron chi connectivity index (χ3n) is 4.00. The second-order valence-electron chi connectivity index (χ2n) is 5.71. The molecule has 1 saturated carbocycles. The predicted molar refractivity (Wildman–Crippen MR) is 64.0 cm³/mol. The molecule has 2 aliphatic rings. The van der Waals surface area contributed by atoms with Crippen LogP contribution in [0.25, 0.3) is 0 Å². The fourth-order valence-electron chi connectivity index (χ4n) is 2.88. The maximum absolute atomic E-state index is 12.4. The van der Waals surface area contributed by atoms with Crippen molar-refractivity contribution >= 4 is 5.78 Å². The van der Waals surface area contributed by atoms with Crippen molar-refractivity contribution in [3.8, 4) is 0 Å². The van der Waals surface area contributed by atoms with Crippen LogP contribution < -0.4 is 0 Å². The predicted octanol–water partition coefficient (Wildman–Crippen LogP) is 3.47. The summed E-state index contributed by atoms with van der Waals surface area (Å²) in [6.45, 7) is 5.15. The Morgan fingerprint density at radius 1 is 1.38 bits per heavy atom. The average Bonchev–Trinajstić information content (AvgIpc) is 2.29. The summed E-state index contributed by atoms with van der Waals surface area (Å²) >= 11 is 0. The number of carbonyl (C=O) groups is 1. The van der Waals surface area contributed by atoms with Crippen LogP contribution in [0.1, 0.15) is 52.4 Å². The van der Waals surface area contributed by atoms with Crippen molar-refractivity contribution in [3.63, 3.8) is 0 Å². The van der Waals surface area contributed by atoms with Crippen LogP contribution in [0.2, 0.25) is 0 Å². The van der Waals surface area contributed by atoms with Gasteiger partial charge in [0.25, 0.3) is 0 Å². The molecule has 1 unspecified atom stereocenters. The largest absolute Gasteiger partial charge is 0.490 e. The molecule has 0 N–H and O–H groups in total. The molecule has 0 aromatic rings. The van der Waals surface area contributed by atoms with E-state index in [1.807, 2.05) is 6.08 Å². The van der Waals surface area contributed by atoms with Crippen molar-refractivity contribution in [1.29, 1.82) is 0 Å². The minimum atomic E-state index is 0.150. The first kappa shape index (κ1) is 11.7. The molecule has 2 heteroatoms. The lowest BCUT2D eigenvalue weighted by atomic mass is 9.67. The third kappa shape index (κ3) is 2.31. The summed E-state index contributed by atoms with van der Waals surface area (Å²) in [5.41, 5.74) is 0.150. The summed E-state index contributed by atoms with van der Waals surface area (Å²) in [5.74, 6) is 1.07. The van der Waals surface area contributed by atoms with E-state index in [1.165, 1.54) is 12.8 Å². The molecule has 2 nitrogen and oxygen atoms in total. The number of carbonyl (C=O) groups excluding carboxylic acids is 1. The number of hydrogen-bond donors (Lipinski definition) is 0.